The monoisotopic (exact) mass is 209 g/mol. The summed E-state index contributed by atoms with van der Waals surface area (Å²) in [5.74, 6) is 0.111. The van der Waals surface area contributed by atoms with E-state index in [0.717, 1.165) is 11.0 Å². The number of benzene rings is 1. The zero-order chi connectivity index (χ0) is 9.97. The van der Waals surface area contributed by atoms with Crippen LogP contribution in [0.5, 0.6) is 0 Å². The van der Waals surface area contributed by atoms with Gasteiger partial charge in [-0.3, -0.25) is 4.98 Å². The van der Waals surface area contributed by atoms with Gasteiger partial charge in [0.15, 0.2) is 0 Å². The molecule has 73 valence electrons. The maximum absolute atomic E-state index is 11.4. The van der Waals surface area contributed by atoms with Crippen molar-refractivity contribution in [3.8, 4) is 0 Å². The number of hydrogen-bond donors (Lipinski definition) is 1. The summed E-state index contributed by atoms with van der Waals surface area (Å²) < 4.78 is 11.4. The summed E-state index contributed by atoms with van der Waals surface area (Å²) in [6.07, 6.45) is 0. The Labute approximate surface area is 84.2 Å². The molecule has 0 spiro atoms. The van der Waals surface area contributed by atoms with Gasteiger partial charge >= 0.3 is 5.16 Å². The number of hydrogen-bond acceptors (Lipinski definition) is 2. The highest BCUT2D eigenvalue weighted by atomic mass is 32.2. The van der Waals surface area contributed by atoms with Crippen molar-refractivity contribution in [2.45, 2.75) is 5.16 Å². The van der Waals surface area contributed by atoms with E-state index in [4.69, 9.17) is 0 Å². The van der Waals surface area contributed by atoms with Crippen molar-refractivity contribution in [2.75, 3.05) is 12.4 Å². The average Bonchev–Trinajstić information content (AvgIpc) is 2.61. The highest BCUT2D eigenvalue weighted by molar-refractivity contribution is 7.91. The molecule has 1 aromatic carbocycles. The summed E-state index contributed by atoms with van der Waals surface area (Å²) >= 11 is -1.30. The van der Waals surface area contributed by atoms with E-state index in [1.807, 2.05) is 24.3 Å². The summed E-state index contributed by atoms with van der Waals surface area (Å²) in [7, 11) is 0. The number of nitrogens with one attached hydrogen (secondary N) is 1. The van der Waals surface area contributed by atoms with Gasteiger partial charge in [0.1, 0.15) is 12.4 Å². The third-order valence-corrected chi connectivity index (χ3v) is 3.01. The van der Waals surface area contributed by atoms with Gasteiger partial charge in [0.05, 0.1) is 11.0 Å². The van der Waals surface area contributed by atoms with Crippen LogP contribution < -0.4 is 0 Å². The number of nitrogens with zero attached hydrogens (tertiary/aromatic N) is 1. The predicted octanol–water partition coefficient (Wildman–Crippen LogP) is 1.10. The van der Waals surface area contributed by atoms with Crippen LogP contribution in [-0.2, 0) is 16.3 Å². The number of aromatic nitrogens is 2. The lowest BCUT2D eigenvalue weighted by molar-refractivity contribution is 0.213. The van der Waals surface area contributed by atoms with Gasteiger partial charge in [0.2, 0.25) is 0 Å². The van der Waals surface area contributed by atoms with E-state index in [0.29, 0.717) is 5.16 Å². The topological polar surface area (TPSA) is 71.6 Å². The summed E-state index contributed by atoms with van der Waals surface area (Å²) in [4.78, 5) is 7.07. The minimum absolute atomic E-state index is 0.111. The quantitative estimate of drug-likeness (QED) is 0.769. The first-order chi connectivity index (χ1) is 6.81. The van der Waals surface area contributed by atoms with Crippen LogP contribution in [0.3, 0.4) is 0 Å². The van der Waals surface area contributed by atoms with E-state index in [1.54, 1.807) is 0 Å². The molecule has 1 N–H and O–H groups in total. The predicted molar refractivity (Wildman–Crippen MR) is 52.9 cm³/mol. The molecule has 0 saturated heterocycles. The SMILES string of the molecule is [O]CC[S+]([O-])c1nc2ccccc2[nH]1. The number of rotatable bonds is 3. The van der Waals surface area contributed by atoms with Gasteiger partial charge in [-0.2, -0.15) is 4.98 Å². The molecule has 0 fully saturated rings. The van der Waals surface area contributed by atoms with Gasteiger partial charge in [-0.1, -0.05) is 12.1 Å². The molecule has 1 atom stereocenters. The Morgan fingerprint density at radius 3 is 2.93 bits per heavy atom. The summed E-state index contributed by atoms with van der Waals surface area (Å²) in [5.41, 5.74) is 1.63. The number of fused-ring (bicyclic) bond motifs is 1. The zero-order valence-corrected chi connectivity index (χ0v) is 8.21. The number of imidazole rings is 1. The van der Waals surface area contributed by atoms with E-state index in [2.05, 4.69) is 9.97 Å². The van der Waals surface area contributed by atoms with Crippen LogP contribution in [0.2, 0.25) is 0 Å². The largest absolute Gasteiger partial charge is 0.609 e. The fourth-order valence-electron chi connectivity index (χ4n) is 1.21. The maximum Gasteiger partial charge on any atom is 0.321 e. The molecule has 5 heteroatoms. The second-order valence-electron chi connectivity index (χ2n) is 2.81. The summed E-state index contributed by atoms with van der Waals surface area (Å²) in [5, 5.41) is 10.7. The number of para-hydroxylation sites is 2. The molecule has 0 aliphatic heterocycles. The normalized spacial score (nSPS) is 13.3. The van der Waals surface area contributed by atoms with Crippen molar-refractivity contribution in [3.05, 3.63) is 24.3 Å². The minimum Gasteiger partial charge on any atom is -0.609 e. The first kappa shape index (κ1) is 9.51. The van der Waals surface area contributed by atoms with Crippen molar-refractivity contribution < 1.29 is 9.66 Å². The standard InChI is InChI=1S/C9H9N2O2S/c12-5-6-14(13)9-10-7-3-1-2-4-8(7)11-9/h1-4H,5-6H2,(H,10,11). The second kappa shape index (κ2) is 4.00. The lowest BCUT2D eigenvalue weighted by Crippen LogP contribution is -2.10. The van der Waals surface area contributed by atoms with Crippen LogP contribution in [0.25, 0.3) is 11.0 Å². The van der Waals surface area contributed by atoms with Gasteiger partial charge < -0.3 is 4.55 Å². The molecule has 0 aliphatic carbocycles. The Hall–Kier alpha value is -1.04. The molecule has 2 aromatic rings. The van der Waals surface area contributed by atoms with Crippen LogP contribution >= 0.6 is 0 Å². The van der Waals surface area contributed by atoms with Crippen LogP contribution in [0, 0.1) is 0 Å². The van der Waals surface area contributed by atoms with E-state index in [9.17, 15) is 9.66 Å². The molecule has 1 radical (unpaired) electrons. The Morgan fingerprint density at radius 2 is 2.21 bits per heavy atom. The van der Waals surface area contributed by atoms with Gasteiger partial charge in [-0.05, 0) is 12.1 Å². The molecule has 1 unspecified atom stereocenters. The molecule has 0 saturated carbocycles. The molecule has 0 aliphatic rings. The summed E-state index contributed by atoms with van der Waals surface area (Å²) in [6, 6.07) is 7.44. The van der Waals surface area contributed by atoms with Crippen LogP contribution in [-0.4, -0.2) is 26.9 Å². The van der Waals surface area contributed by atoms with Crippen molar-refractivity contribution in [3.63, 3.8) is 0 Å². The van der Waals surface area contributed by atoms with Crippen LogP contribution in [0.15, 0.2) is 29.4 Å². The zero-order valence-electron chi connectivity index (χ0n) is 7.40. The number of H-pyrrole nitrogens is 1. The molecular formula is C9H9N2O2S. The van der Waals surface area contributed by atoms with Gasteiger partial charge in [-0.15, -0.1) is 0 Å². The van der Waals surface area contributed by atoms with Crippen molar-refractivity contribution in [1.82, 2.24) is 9.97 Å². The Bertz CT molecular complexity index is 396. The van der Waals surface area contributed by atoms with Crippen molar-refractivity contribution in [2.24, 2.45) is 0 Å². The first-order valence-corrected chi connectivity index (χ1v) is 5.54. The molecule has 0 amide bonds. The molecule has 1 aromatic heterocycles. The Morgan fingerprint density at radius 1 is 1.43 bits per heavy atom. The molecular weight excluding hydrogens is 200 g/mol. The second-order valence-corrected chi connectivity index (χ2v) is 4.30. The molecule has 0 bridgehead atoms. The smallest absolute Gasteiger partial charge is 0.321 e. The lowest BCUT2D eigenvalue weighted by Gasteiger charge is -2.02. The Kier molecular flexibility index (Phi) is 2.72. The van der Waals surface area contributed by atoms with Gasteiger partial charge in [-0.25, -0.2) is 5.11 Å². The Balaban J connectivity index is 2.35. The highest BCUT2D eigenvalue weighted by Gasteiger charge is 2.15. The average molecular weight is 209 g/mol. The third kappa shape index (κ3) is 1.75. The maximum atomic E-state index is 11.4. The molecule has 1 heterocycles. The van der Waals surface area contributed by atoms with Gasteiger partial charge in [0.25, 0.3) is 0 Å². The third-order valence-electron chi connectivity index (χ3n) is 1.85. The first-order valence-electron chi connectivity index (χ1n) is 4.22. The minimum atomic E-state index is -1.30. The van der Waals surface area contributed by atoms with Crippen LogP contribution in [0.1, 0.15) is 0 Å². The van der Waals surface area contributed by atoms with Crippen molar-refractivity contribution >= 4 is 22.2 Å². The van der Waals surface area contributed by atoms with E-state index >= 15 is 0 Å². The van der Waals surface area contributed by atoms with Crippen LogP contribution in [0.4, 0.5) is 0 Å². The highest BCUT2D eigenvalue weighted by Crippen LogP contribution is 2.14. The fraction of sp³-hybridized carbons (Fsp3) is 0.222. The van der Waals surface area contributed by atoms with Gasteiger partial charge in [0, 0.05) is 11.2 Å². The molecule has 4 nitrogen and oxygen atoms in total. The molecule has 14 heavy (non-hydrogen) atoms. The fourth-order valence-corrected chi connectivity index (χ4v) is 1.98. The van der Waals surface area contributed by atoms with E-state index in [1.165, 1.54) is 0 Å². The van der Waals surface area contributed by atoms with E-state index in [-0.39, 0.29) is 12.4 Å². The van der Waals surface area contributed by atoms with E-state index < -0.39 is 11.2 Å². The summed E-state index contributed by atoms with van der Waals surface area (Å²) in [6.45, 7) is -0.344. The molecule has 2 rings (SSSR count). The lowest BCUT2D eigenvalue weighted by atomic mass is 10.3. The number of aromatic amines is 1. The van der Waals surface area contributed by atoms with Crippen molar-refractivity contribution in [1.29, 1.82) is 0 Å².